The second kappa shape index (κ2) is 4.07. The van der Waals surface area contributed by atoms with Crippen LogP contribution in [0.1, 0.15) is 6.92 Å². The molecule has 5 heteroatoms. The predicted octanol–water partition coefficient (Wildman–Crippen LogP) is 3.75. The zero-order valence-corrected chi connectivity index (χ0v) is 11.2. The molecular weight excluding hydrogens is 352 g/mol. The average molecular weight is 359 g/mol. The van der Waals surface area contributed by atoms with Gasteiger partial charge < -0.3 is 4.57 Å². The fourth-order valence-corrected chi connectivity index (χ4v) is 2.50. The van der Waals surface area contributed by atoms with E-state index in [9.17, 15) is 0 Å². The Morgan fingerprint density at radius 3 is 2.42 bits per heavy atom. The van der Waals surface area contributed by atoms with Crippen molar-refractivity contribution in [3.8, 4) is 0 Å². The molecule has 0 radical (unpaired) electrons. The highest BCUT2D eigenvalue weighted by Crippen LogP contribution is 2.27. The molecule has 0 aliphatic rings. The topological polar surface area (TPSA) is 17.8 Å². The first-order valence-corrected chi connectivity index (χ1v) is 5.61. The van der Waals surface area contributed by atoms with Gasteiger partial charge in [0, 0.05) is 6.54 Å². The van der Waals surface area contributed by atoms with E-state index in [1.54, 1.807) is 0 Å². The molecule has 0 N–H and O–H groups in total. The number of aromatic nitrogens is 2. The second-order valence-electron chi connectivity index (χ2n) is 2.51. The molecule has 1 aromatic rings. The molecule has 0 spiro atoms. The van der Waals surface area contributed by atoms with Crippen molar-refractivity contribution < 1.29 is 0 Å². The van der Waals surface area contributed by atoms with Gasteiger partial charge in [0.1, 0.15) is 9.21 Å². The molecule has 0 bridgehead atoms. The largest absolute Gasteiger partial charge is 0.308 e. The van der Waals surface area contributed by atoms with Crippen molar-refractivity contribution in [2.75, 3.05) is 0 Å². The quantitative estimate of drug-likeness (QED) is 0.736. The molecule has 0 unspecified atom stereocenters. The highest BCUT2D eigenvalue weighted by molar-refractivity contribution is 9.13. The molecule has 1 aromatic heterocycles. The summed E-state index contributed by atoms with van der Waals surface area (Å²) in [7, 11) is 0. The molecule has 0 aliphatic carbocycles. The molecule has 0 atom stereocenters. The van der Waals surface area contributed by atoms with Crippen LogP contribution in [-0.2, 0) is 6.54 Å². The maximum absolute atomic E-state index is 4.17. The summed E-state index contributed by atoms with van der Waals surface area (Å²) in [5, 5.41) is 0. The molecule has 1 heterocycles. The zero-order chi connectivity index (χ0) is 9.30. The van der Waals surface area contributed by atoms with Gasteiger partial charge in [-0.3, -0.25) is 0 Å². The number of imidazole rings is 1. The molecule has 1 rings (SSSR count). The lowest BCUT2D eigenvalue weighted by Gasteiger charge is -2.04. The van der Waals surface area contributed by atoms with Crippen LogP contribution in [0.5, 0.6) is 0 Å². The minimum atomic E-state index is 0.764. The van der Waals surface area contributed by atoms with E-state index in [-0.39, 0.29) is 0 Å². The lowest BCUT2D eigenvalue weighted by Crippen LogP contribution is -1.98. The number of rotatable bonds is 2. The van der Waals surface area contributed by atoms with Crippen molar-refractivity contribution in [2.24, 2.45) is 0 Å². The third kappa shape index (κ3) is 2.20. The fraction of sp³-hybridized carbons (Fsp3) is 0.286. The predicted molar refractivity (Wildman–Crippen MR) is 60.1 cm³/mol. The van der Waals surface area contributed by atoms with Crippen LogP contribution in [0, 0.1) is 0 Å². The number of hydrogen-bond donors (Lipinski definition) is 0. The highest BCUT2D eigenvalue weighted by Gasteiger charge is 2.10. The first-order chi connectivity index (χ1) is 5.52. The van der Waals surface area contributed by atoms with Crippen molar-refractivity contribution in [3.63, 3.8) is 0 Å². The van der Waals surface area contributed by atoms with Crippen LogP contribution >= 0.6 is 47.8 Å². The molecule has 0 saturated heterocycles. The Morgan fingerprint density at radius 2 is 2.08 bits per heavy atom. The molecule has 0 aromatic carbocycles. The first kappa shape index (κ1) is 10.5. The van der Waals surface area contributed by atoms with Gasteiger partial charge >= 0.3 is 0 Å². The van der Waals surface area contributed by atoms with Gasteiger partial charge in [0.05, 0.1) is 0 Å². The van der Waals surface area contributed by atoms with Gasteiger partial charge in [-0.1, -0.05) is 12.2 Å². The summed E-state index contributed by atoms with van der Waals surface area (Å²) < 4.78 is 4.50. The Hall–Kier alpha value is 0.390. The zero-order valence-electron chi connectivity index (χ0n) is 6.44. The summed E-state index contributed by atoms with van der Waals surface area (Å²) in [5.41, 5.74) is 1.08. The first-order valence-electron chi connectivity index (χ1n) is 3.23. The van der Waals surface area contributed by atoms with Crippen LogP contribution in [0.3, 0.4) is 0 Å². The Morgan fingerprint density at radius 1 is 1.50 bits per heavy atom. The van der Waals surface area contributed by atoms with Gasteiger partial charge in [0.2, 0.25) is 0 Å². The SMILES string of the molecule is C=C(C)Cn1c(Br)nc(Br)c1Br. The highest BCUT2D eigenvalue weighted by atomic mass is 79.9. The van der Waals surface area contributed by atoms with E-state index in [1.807, 2.05) is 11.5 Å². The summed E-state index contributed by atoms with van der Waals surface area (Å²) in [5.74, 6) is 0. The van der Waals surface area contributed by atoms with Crippen molar-refractivity contribution >= 4 is 47.8 Å². The molecule has 0 amide bonds. The van der Waals surface area contributed by atoms with Gasteiger partial charge in [0.15, 0.2) is 4.73 Å². The van der Waals surface area contributed by atoms with Crippen LogP contribution < -0.4 is 0 Å². The van der Waals surface area contributed by atoms with Crippen LogP contribution in [0.2, 0.25) is 0 Å². The van der Waals surface area contributed by atoms with E-state index in [2.05, 4.69) is 59.4 Å². The summed E-state index contributed by atoms with van der Waals surface area (Å²) >= 11 is 10.1. The fourth-order valence-electron chi connectivity index (χ4n) is 0.784. The van der Waals surface area contributed by atoms with E-state index < -0.39 is 0 Å². The standard InChI is InChI=1S/C7H7Br3N2/c1-4(2)3-12-6(9)5(8)11-7(12)10/h1,3H2,2H3. The maximum Gasteiger partial charge on any atom is 0.179 e. The van der Waals surface area contributed by atoms with Gasteiger partial charge in [-0.25, -0.2) is 4.98 Å². The van der Waals surface area contributed by atoms with Gasteiger partial charge in [-0.15, -0.1) is 0 Å². The molecule has 0 fully saturated rings. The normalized spacial score (nSPS) is 10.3. The molecular formula is C7H7Br3N2. The van der Waals surface area contributed by atoms with Gasteiger partial charge in [-0.05, 0) is 54.7 Å². The van der Waals surface area contributed by atoms with Gasteiger partial charge in [0.25, 0.3) is 0 Å². The summed E-state index contributed by atoms with van der Waals surface area (Å²) in [6, 6.07) is 0. The van der Waals surface area contributed by atoms with E-state index in [0.717, 1.165) is 26.1 Å². The Kier molecular flexibility index (Phi) is 3.55. The van der Waals surface area contributed by atoms with E-state index in [4.69, 9.17) is 0 Å². The molecule has 0 saturated carbocycles. The third-order valence-corrected chi connectivity index (χ3v) is 3.74. The van der Waals surface area contributed by atoms with Crippen LogP contribution in [-0.4, -0.2) is 9.55 Å². The maximum atomic E-state index is 4.17. The smallest absolute Gasteiger partial charge is 0.179 e. The van der Waals surface area contributed by atoms with Crippen molar-refractivity contribution in [3.05, 3.63) is 26.1 Å². The van der Waals surface area contributed by atoms with E-state index in [1.165, 1.54) is 0 Å². The minimum absolute atomic E-state index is 0.764. The lowest BCUT2D eigenvalue weighted by atomic mass is 10.3. The van der Waals surface area contributed by atoms with Crippen molar-refractivity contribution in [2.45, 2.75) is 13.5 Å². The van der Waals surface area contributed by atoms with Crippen molar-refractivity contribution in [1.29, 1.82) is 0 Å². The summed E-state index contributed by atoms with van der Waals surface area (Å²) in [4.78, 5) is 4.17. The van der Waals surface area contributed by atoms with Crippen molar-refractivity contribution in [1.82, 2.24) is 9.55 Å². The van der Waals surface area contributed by atoms with E-state index in [0.29, 0.717) is 0 Å². The van der Waals surface area contributed by atoms with Crippen LogP contribution in [0.4, 0.5) is 0 Å². The molecule has 66 valence electrons. The molecule has 2 nitrogen and oxygen atoms in total. The summed E-state index contributed by atoms with van der Waals surface area (Å²) in [6.45, 7) is 6.58. The monoisotopic (exact) mass is 356 g/mol. The second-order valence-corrected chi connectivity index (χ2v) is 4.72. The van der Waals surface area contributed by atoms with Gasteiger partial charge in [-0.2, -0.15) is 0 Å². The lowest BCUT2D eigenvalue weighted by molar-refractivity contribution is 0.747. The number of halogens is 3. The average Bonchev–Trinajstić information content (AvgIpc) is 2.16. The van der Waals surface area contributed by atoms with Crippen LogP contribution in [0.15, 0.2) is 26.1 Å². The summed E-state index contributed by atoms with van der Waals surface area (Å²) in [6.07, 6.45) is 0. The Labute approximate surface area is 96.4 Å². The Bertz CT molecular complexity index is 317. The van der Waals surface area contributed by atoms with E-state index >= 15 is 0 Å². The minimum Gasteiger partial charge on any atom is -0.308 e. The number of allylic oxidation sites excluding steroid dienone is 1. The molecule has 12 heavy (non-hydrogen) atoms. The van der Waals surface area contributed by atoms with Crippen LogP contribution in [0.25, 0.3) is 0 Å². The third-order valence-electron chi connectivity index (χ3n) is 1.25. The number of nitrogens with zero attached hydrogens (tertiary/aromatic N) is 2. The number of hydrogen-bond acceptors (Lipinski definition) is 1. The Balaban J connectivity index is 3.05. The molecule has 0 aliphatic heterocycles.